The van der Waals surface area contributed by atoms with Gasteiger partial charge < -0.3 is 10.1 Å². The predicted molar refractivity (Wildman–Crippen MR) is 87.7 cm³/mol. The first-order valence-corrected chi connectivity index (χ1v) is 9.13. The van der Waals surface area contributed by atoms with Crippen LogP contribution >= 0.6 is 0 Å². The Kier molecular flexibility index (Phi) is 7.17. The Labute approximate surface area is 132 Å². The third-order valence-corrected chi connectivity index (χ3v) is 4.38. The van der Waals surface area contributed by atoms with Crippen molar-refractivity contribution in [2.75, 3.05) is 30.8 Å². The highest BCUT2D eigenvalue weighted by atomic mass is 32.2. The van der Waals surface area contributed by atoms with Crippen LogP contribution in [0.25, 0.3) is 0 Å². The van der Waals surface area contributed by atoms with E-state index in [2.05, 4.69) is 12.2 Å². The molecule has 1 rings (SSSR count). The molecule has 0 aliphatic carbocycles. The smallest absolute Gasteiger partial charge is 0.257 e. The zero-order valence-electron chi connectivity index (χ0n) is 13.3. The topological polar surface area (TPSA) is 75.7 Å². The molecule has 0 aromatic heterocycles. The van der Waals surface area contributed by atoms with Crippen molar-refractivity contribution in [3.05, 3.63) is 24.3 Å². The maximum atomic E-state index is 11.6. The van der Waals surface area contributed by atoms with Gasteiger partial charge in [-0.25, -0.2) is 8.42 Å². The Morgan fingerprint density at radius 1 is 1.23 bits per heavy atom. The first-order chi connectivity index (χ1) is 10.3. The third-order valence-electron chi connectivity index (χ3n) is 3.17. The van der Waals surface area contributed by atoms with Crippen LogP contribution < -0.4 is 14.4 Å². The van der Waals surface area contributed by atoms with Crippen molar-refractivity contribution < 1.29 is 17.9 Å². The molecule has 0 heterocycles. The molecule has 0 aliphatic heterocycles. The van der Waals surface area contributed by atoms with Gasteiger partial charge in [0.1, 0.15) is 5.75 Å². The largest absolute Gasteiger partial charge is 0.484 e. The number of amides is 1. The van der Waals surface area contributed by atoms with E-state index in [0.29, 0.717) is 18.0 Å². The molecule has 0 aliphatic rings. The highest BCUT2D eigenvalue weighted by molar-refractivity contribution is 7.92. The molecule has 124 valence electrons. The summed E-state index contributed by atoms with van der Waals surface area (Å²) in [5.41, 5.74) is 0.541. The second kappa shape index (κ2) is 8.63. The lowest BCUT2D eigenvalue weighted by molar-refractivity contribution is -0.123. The van der Waals surface area contributed by atoms with Crippen LogP contribution in [0.15, 0.2) is 24.3 Å². The maximum absolute atomic E-state index is 11.6. The Morgan fingerprint density at radius 2 is 1.86 bits per heavy atom. The summed E-state index contributed by atoms with van der Waals surface area (Å²) >= 11 is 0. The fourth-order valence-electron chi connectivity index (χ4n) is 1.75. The van der Waals surface area contributed by atoms with Gasteiger partial charge in [-0.15, -0.1) is 0 Å². The Hall–Kier alpha value is -1.76. The fourth-order valence-corrected chi connectivity index (χ4v) is 2.25. The summed E-state index contributed by atoms with van der Waals surface area (Å²) in [5.74, 6) is 0.364. The van der Waals surface area contributed by atoms with E-state index in [1.165, 1.54) is 11.4 Å². The van der Waals surface area contributed by atoms with Crippen LogP contribution in [0.2, 0.25) is 0 Å². The predicted octanol–water partition coefficient (Wildman–Crippen LogP) is 1.77. The van der Waals surface area contributed by atoms with Crippen molar-refractivity contribution in [3.63, 3.8) is 0 Å². The monoisotopic (exact) mass is 328 g/mol. The van der Waals surface area contributed by atoms with Gasteiger partial charge >= 0.3 is 0 Å². The van der Waals surface area contributed by atoms with Crippen molar-refractivity contribution >= 4 is 21.6 Å². The molecule has 0 bridgehead atoms. The first kappa shape index (κ1) is 18.3. The molecule has 1 N–H and O–H groups in total. The van der Waals surface area contributed by atoms with Gasteiger partial charge in [-0.1, -0.05) is 19.8 Å². The minimum atomic E-state index is -3.28. The van der Waals surface area contributed by atoms with E-state index in [1.54, 1.807) is 24.3 Å². The molecule has 1 aromatic carbocycles. The van der Waals surface area contributed by atoms with Crippen LogP contribution in [0.4, 0.5) is 5.69 Å². The number of ether oxygens (including phenoxy) is 1. The van der Waals surface area contributed by atoms with Crippen molar-refractivity contribution in [2.24, 2.45) is 0 Å². The molecule has 0 unspecified atom stereocenters. The van der Waals surface area contributed by atoms with Crippen LogP contribution in [-0.4, -0.2) is 40.8 Å². The standard InChI is InChI=1S/C15H24N2O4S/c1-4-5-6-11-16-15(18)12-21-14-9-7-13(8-10-14)17(2)22(3,19)20/h7-10H,4-6,11-12H2,1-3H3,(H,16,18). The lowest BCUT2D eigenvalue weighted by atomic mass is 10.2. The average Bonchev–Trinajstić information content (AvgIpc) is 2.48. The van der Waals surface area contributed by atoms with Crippen LogP contribution in [0.3, 0.4) is 0 Å². The zero-order chi connectivity index (χ0) is 16.6. The number of hydrogen-bond donors (Lipinski definition) is 1. The maximum Gasteiger partial charge on any atom is 0.257 e. The number of carbonyl (C=O) groups excluding carboxylic acids is 1. The summed E-state index contributed by atoms with van der Waals surface area (Å²) in [4.78, 5) is 11.6. The first-order valence-electron chi connectivity index (χ1n) is 7.28. The van der Waals surface area contributed by atoms with Gasteiger partial charge in [-0.3, -0.25) is 9.10 Å². The second-order valence-electron chi connectivity index (χ2n) is 5.07. The van der Waals surface area contributed by atoms with E-state index in [0.717, 1.165) is 25.5 Å². The zero-order valence-corrected chi connectivity index (χ0v) is 14.1. The molecule has 0 radical (unpaired) electrons. The number of benzene rings is 1. The Bertz CT molecular complexity index is 570. The molecule has 0 spiro atoms. The van der Waals surface area contributed by atoms with E-state index in [9.17, 15) is 13.2 Å². The fraction of sp³-hybridized carbons (Fsp3) is 0.533. The minimum absolute atomic E-state index is 0.0482. The minimum Gasteiger partial charge on any atom is -0.484 e. The average molecular weight is 328 g/mol. The number of anilines is 1. The summed E-state index contributed by atoms with van der Waals surface area (Å²) in [7, 11) is -1.80. The van der Waals surface area contributed by atoms with Gasteiger partial charge in [0.15, 0.2) is 6.61 Å². The molecular weight excluding hydrogens is 304 g/mol. The molecule has 7 heteroatoms. The van der Waals surface area contributed by atoms with E-state index in [1.807, 2.05) is 0 Å². The van der Waals surface area contributed by atoms with Gasteiger partial charge in [0, 0.05) is 13.6 Å². The molecule has 0 atom stereocenters. The normalized spacial score (nSPS) is 11.0. The summed E-state index contributed by atoms with van der Waals surface area (Å²) in [5, 5.41) is 2.79. The van der Waals surface area contributed by atoms with E-state index in [4.69, 9.17) is 4.74 Å². The van der Waals surface area contributed by atoms with Crippen molar-refractivity contribution in [1.82, 2.24) is 5.32 Å². The van der Waals surface area contributed by atoms with Crippen LogP contribution in [0.1, 0.15) is 26.2 Å². The molecule has 1 amide bonds. The third kappa shape index (κ3) is 6.34. The summed E-state index contributed by atoms with van der Waals surface area (Å²) in [6, 6.07) is 6.55. The number of unbranched alkanes of at least 4 members (excludes halogenated alkanes) is 2. The van der Waals surface area contributed by atoms with Crippen LogP contribution in [-0.2, 0) is 14.8 Å². The van der Waals surface area contributed by atoms with Crippen LogP contribution in [0.5, 0.6) is 5.75 Å². The SMILES string of the molecule is CCCCCNC(=O)COc1ccc(N(C)S(C)(=O)=O)cc1. The van der Waals surface area contributed by atoms with Gasteiger partial charge in [-0.05, 0) is 30.7 Å². The summed E-state index contributed by atoms with van der Waals surface area (Å²) in [6.45, 7) is 2.72. The van der Waals surface area contributed by atoms with Crippen molar-refractivity contribution in [1.29, 1.82) is 0 Å². The number of nitrogens with zero attached hydrogens (tertiary/aromatic N) is 1. The summed E-state index contributed by atoms with van der Waals surface area (Å²) < 4.78 is 29.4. The van der Waals surface area contributed by atoms with Gasteiger partial charge in [-0.2, -0.15) is 0 Å². The number of hydrogen-bond acceptors (Lipinski definition) is 4. The summed E-state index contributed by atoms with van der Waals surface area (Å²) in [6.07, 6.45) is 4.31. The number of nitrogens with one attached hydrogen (secondary N) is 1. The lowest BCUT2D eigenvalue weighted by Crippen LogP contribution is -2.29. The molecule has 22 heavy (non-hydrogen) atoms. The molecule has 0 fully saturated rings. The lowest BCUT2D eigenvalue weighted by Gasteiger charge is -2.16. The Balaban J connectivity index is 2.43. The van der Waals surface area contributed by atoms with Gasteiger partial charge in [0.05, 0.1) is 11.9 Å². The van der Waals surface area contributed by atoms with Gasteiger partial charge in [0.25, 0.3) is 5.91 Å². The van der Waals surface area contributed by atoms with Crippen molar-refractivity contribution in [2.45, 2.75) is 26.2 Å². The molecular formula is C15H24N2O4S. The van der Waals surface area contributed by atoms with E-state index in [-0.39, 0.29) is 12.5 Å². The van der Waals surface area contributed by atoms with Gasteiger partial charge in [0.2, 0.25) is 10.0 Å². The highest BCUT2D eigenvalue weighted by Gasteiger charge is 2.11. The quantitative estimate of drug-likeness (QED) is 0.701. The number of carbonyl (C=O) groups is 1. The number of sulfonamides is 1. The molecule has 1 aromatic rings. The molecule has 6 nitrogen and oxygen atoms in total. The van der Waals surface area contributed by atoms with E-state index >= 15 is 0 Å². The van der Waals surface area contributed by atoms with Crippen molar-refractivity contribution in [3.8, 4) is 5.75 Å². The van der Waals surface area contributed by atoms with Crippen LogP contribution in [0, 0.1) is 0 Å². The van der Waals surface area contributed by atoms with E-state index < -0.39 is 10.0 Å². The number of rotatable bonds is 9. The Morgan fingerprint density at radius 3 is 2.41 bits per heavy atom. The highest BCUT2D eigenvalue weighted by Crippen LogP contribution is 2.20. The molecule has 0 saturated carbocycles. The second-order valence-corrected chi connectivity index (χ2v) is 7.08. The molecule has 0 saturated heterocycles.